The van der Waals surface area contributed by atoms with Gasteiger partial charge in [-0.25, -0.2) is 0 Å². The molecule has 0 saturated heterocycles. The lowest BCUT2D eigenvalue weighted by Gasteiger charge is -2.09. The average molecular weight is 409 g/mol. The van der Waals surface area contributed by atoms with Gasteiger partial charge in [0.1, 0.15) is 0 Å². The first kappa shape index (κ1) is 20.7. The van der Waals surface area contributed by atoms with Gasteiger partial charge in [-0.3, -0.25) is 14.4 Å². The van der Waals surface area contributed by atoms with E-state index in [0.717, 1.165) is 5.56 Å². The lowest BCUT2D eigenvalue weighted by molar-refractivity contribution is -0.147. The predicted molar refractivity (Wildman–Crippen MR) is 104 cm³/mol. The van der Waals surface area contributed by atoms with Crippen molar-refractivity contribution in [1.29, 1.82) is 0 Å². The highest BCUT2D eigenvalue weighted by atomic mass is 35.5. The van der Waals surface area contributed by atoms with Crippen molar-refractivity contribution in [2.75, 3.05) is 18.5 Å². The van der Waals surface area contributed by atoms with Gasteiger partial charge in [0.2, 0.25) is 0 Å². The van der Waals surface area contributed by atoms with Gasteiger partial charge in [0, 0.05) is 17.1 Å². The number of amides is 2. The zero-order valence-corrected chi connectivity index (χ0v) is 16.1. The van der Waals surface area contributed by atoms with E-state index in [1.165, 1.54) is 0 Å². The monoisotopic (exact) mass is 408 g/mol. The number of anilines is 1. The van der Waals surface area contributed by atoms with Crippen LogP contribution in [-0.2, 0) is 14.3 Å². The van der Waals surface area contributed by atoms with Crippen molar-refractivity contribution in [1.82, 2.24) is 5.32 Å². The van der Waals surface area contributed by atoms with Crippen LogP contribution in [0, 0.1) is 6.92 Å². The fraction of sp³-hybridized carbons (Fsp3) is 0.211. The smallest absolute Gasteiger partial charge is 0.308 e. The Kier molecular flexibility index (Phi) is 7.64. The second-order valence-electron chi connectivity index (χ2n) is 5.70. The van der Waals surface area contributed by atoms with Gasteiger partial charge in [0.25, 0.3) is 11.8 Å². The van der Waals surface area contributed by atoms with Gasteiger partial charge in [-0.15, -0.1) is 0 Å². The van der Waals surface area contributed by atoms with Crippen LogP contribution in [0.2, 0.25) is 10.0 Å². The molecule has 0 aliphatic rings. The zero-order valence-electron chi connectivity index (χ0n) is 14.6. The molecule has 0 unspecified atom stereocenters. The van der Waals surface area contributed by atoms with Crippen LogP contribution >= 0.6 is 23.2 Å². The molecule has 2 aromatic rings. The Morgan fingerprint density at radius 2 is 1.74 bits per heavy atom. The first-order valence-electron chi connectivity index (χ1n) is 8.10. The van der Waals surface area contributed by atoms with Crippen LogP contribution in [-0.4, -0.2) is 30.9 Å². The highest BCUT2D eigenvalue weighted by Gasteiger charge is 2.11. The first-order valence-corrected chi connectivity index (χ1v) is 8.86. The molecule has 0 radical (unpaired) electrons. The molecule has 0 aliphatic heterocycles. The summed E-state index contributed by atoms with van der Waals surface area (Å²) in [5, 5.41) is 6.08. The van der Waals surface area contributed by atoms with Crippen LogP contribution < -0.4 is 10.6 Å². The fourth-order valence-corrected chi connectivity index (χ4v) is 2.52. The molecular weight excluding hydrogens is 391 g/mol. The summed E-state index contributed by atoms with van der Waals surface area (Å²) in [4.78, 5) is 35.4. The Balaban J connectivity index is 1.68. The number of nitrogens with one attached hydrogen (secondary N) is 2. The minimum absolute atomic E-state index is 0.0576. The van der Waals surface area contributed by atoms with E-state index >= 15 is 0 Å². The Hall–Kier alpha value is -2.57. The van der Waals surface area contributed by atoms with Crippen LogP contribution in [0.4, 0.5) is 5.69 Å². The van der Waals surface area contributed by atoms with Crippen molar-refractivity contribution in [3.63, 3.8) is 0 Å². The van der Waals surface area contributed by atoms with Crippen molar-refractivity contribution in [2.45, 2.75) is 13.3 Å². The third-order valence-corrected chi connectivity index (χ3v) is 4.05. The van der Waals surface area contributed by atoms with Gasteiger partial charge in [-0.1, -0.05) is 29.3 Å². The average Bonchev–Trinajstić information content (AvgIpc) is 2.63. The Bertz CT molecular complexity index is 838. The van der Waals surface area contributed by atoms with E-state index in [-0.39, 0.29) is 18.9 Å². The molecule has 2 amide bonds. The Morgan fingerprint density at radius 1 is 1.04 bits per heavy atom. The maximum Gasteiger partial charge on any atom is 0.308 e. The summed E-state index contributed by atoms with van der Waals surface area (Å²) in [5.74, 6) is -1.43. The number of ether oxygens (including phenoxy) is 1. The highest BCUT2D eigenvalue weighted by Crippen LogP contribution is 2.22. The Labute approximate surface area is 166 Å². The van der Waals surface area contributed by atoms with E-state index < -0.39 is 18.5 Å². The van der Waals surface area contributed by atoms with E-state index in [1.807, 2.05) is 6.92 Å². The van der Waals surface area contributed by atoms with Crippen LogP contribution in [0.25, 0.3) is 0 Å². The molecule has 6 nitrogen and oxygen atoms in total. The van der Waals surface area contributed by atoms with Crippen molar-refractivity contribution in [3.8, 4) is 0 Å². The van der Waals surface area contributed by atoms with Crippen molar-refractivity contribution in [2.24, 2.45) is 0 Å². The third kappa shape index (κ3) is 6.92. The summed E-state index contributed by atoms with van der Waals surface area (Å²) in [5.41, 5.74) is 1.84. The largest absolute Gasteiger partial charge is 0.456 e. The molecule has 2 N–H and O–H groups in total. The molecule has 0 spiro atoms. The van der Waals surface area contributed by atoms with Crippen LogP contribution in [0.5, 0.6) is 0 Å². The van der Waals surface area contributed by atoms with Crippen molar-refractivity contribution in [3.05, 3.63) is 63.6 Å². The number of rotatable bonds is 7. The number of esters is 1. The van der Waals surface area contributed by atoms with Crippen molar-refractivity contribution >= 4 is 46.7 Å². The molecule has 0 fully saturated rings. The minimum Gasteiger partial charge on any atom is -0.456 e. The molecule has 0 bridgehead atoms. The number of hydrogen-bond donors (Lipinski definition) is 2. The van der Waals surface area contributed by atoms with Gasteiger partial charge in [-0.05, 0) is 48.9 Å². The molecular formula is C19H18Cl2N2O4. The fourth-order valence-electron chi connectivity index (χ4n) is 2.11. The lowest BCUT2D eigenvalue weighted by atomic mass is 10.2. The summed E-state index contributed by atoms with van der Waals surface area (Å²) in [7, 11) is 0. The van der Waals surface area contributed by atoms with Gasteiger partial charge < -0.3 is 15.4 Å². The number of carbonyl (C=O) groups excluding carboxylic acids is 3. The maximum absolute atomic E-state index is 11.9. The molecule has 0 saturated carbocycles. The van der Waals surface area contributed by atoms with Crippen molar-refractivity contribution < 1.29 is 19.1 Å². The van der Waals surface area contributed by atoms with Gasteiger partial charge >= 0.3 is 5.97 Å². The second kappa shape index (κ2) is 9.94. The number of aryl methyl sites for hydroxylation is 1. The molecule has 2 aromatic carbocycles. The number of carbonyl (C=O) groups is 3. The summed E-state index contributed by atoms with van der Waals surface area (Å²) in [6.07, 6.45) is -0.0576. The quantitative estimate of drug-likeness (QED) is 0.685. The van der Waals surface area contributed by atoms with Gasteiger partial charge in [0.15, 0.2) is 6.61 Å². The summed E-state index contributed by atoms with van der Waals surface area (Å²) in [6, 6.07) is 11.5. The molecule has 8 heteroatoms. The molecule has 0 atom stereocenters. The molecule has 2 rings (SSSR count). The molecule has 142 valence electrons. The third-order valence-electron chi connectivity index (χ3n) is 3.48. The van der Waals surface area contributed by atoms with Gasteiger partial charge in [0.05, 0.1) is 17.1 Å². The SMILES string of the molecule is Cc1ccc(NC(=O)COC(=O)CCNC(=O)c2ccc(Cl)cc2)c(Cl)c1. The van der Waals surface area contributed by atoms with E-state index in [2.05, 4.69) is 10.6 Å². The maximum atomic E-state index is 11.9. The second-order valence-corrected chi connectivity index (χ2v) is 6.55. The van der Waals surface area contributed by atoms with E-state index in [4.69, 9.17) is 27.9 Å². The van der Waals surface area contributed by atoms with E-state index in [9.17, 15) is 14.4 Å². The van der Waals surface area contributed by atoms with E-state index in [1.54, 1.807) is 42.5 Å². The van der Waals surface area contributed by atoms with Crippen LogP contribution in [0.3, 0.4) is 0 Å². The zero-order chi connectivity index (χ0) is 19.8. The van der Waals surface area contributed by atoms with E-state index in [0.29, 0.717) is 21.3 Å². The lowest BCUT2D eigenvalue weighted by Crippen LogP contribution is -2.27. The van der Waals surface area contributed by atoms with Gasteiger partial charge in [-0.2, -0.15) is 0 Å². The number of halogens is 2. The molecule has 0 aromatic heterocycles. The highest BCUT2D eigenvalue weighted by molar-refractivity contribution is 6.33. The standard InChI is InChI=1S/C19H18Cl2N2O4/c1-12-2-7-16(15(21)10-12)23-17(24)11-27-18(25)8-9-22-19(26)13-3-5-14(20)6-4-13/h2-7,10H,8-9,11H2,1H3,(H,22,26)(H,23,24). The number of hydrogen-bond acceptors (Lipinski definition) is 4. The minimum atomic E-state index is -0.600. The summed E-state index contributed by atoms with van der Waals surface area (Å²) in [6.45, 7) is 1.53. The molecule has 0 aliphatic carbocycles. The summed E-state index contributed by atoms with van der Waals surface area (Å²) >= 11 is 11.8. The topological polar surface area (TPSA) is 84.5 Å². The molecule has 27 heavy (non-hydrogen) atoms. The molecule has 0 heterocycles. The predicted octanol–water partition coefficient (Wildman–Crippen LogP) is 3.60. The first-order chi connectivity index (χ1) is 12.8. The normalized spacial score (nSPS) is 10.2. The summed E-state index contributed by atoms with van der Waals surface area (Å²) < 4.78 is 4.88. The number of benzene rings is 2. The Morgan fingerprint density at radius 3 is 2.41 bits per heavy atom. The van der Waals surface area contributed by atoms with Crippen LogP contribution in [0.15, 0.2) is 42.5 Å². The van der Waals surface area contributed by atoms with Crippen LogP contribution in [0.1, 0.15) is 22.3 Å².